The second-order valence-electron chi connectivity index (χ2n) is 4.41. The van der Waals surface area contributed by atoms with Crippen molar-refractivity contribution in [1.82, 2.24) is 0 Å². The molecule has 22 heavy (non-hydrogen) atoms. The molecule has 0 fully saturated rings. The van der Waals surface area contributed by atoms with Crippen LogP contribution in [0.25, 0.3) is 0 Å². The van der Waals surface area contributed by atoms with Crippen molar-refractivity contribution < 1.29 is 40.2 Å². The minimum atomic E-state index is -1.79. The van der Waals surface area contributed by atoms with Gasteiger partial charge in [-0.2, -0.15) is 0 Å². The molecule has 0 spiro atoms. The molecule has 1 aromatic rings. The number of aliphatic hydroxyl groups is 5. The van der Waals surface area contributed by atoms with Crippen molar-refractivity contribution in [3.05, 3.63) is 35.9 Å². The summed E-state index contributed by atoms with van der Waals surface area (Å²) in [6.45, 7) is -0.760. The van der Waals surface area contributed by atoms with Crippen LogP contribution in [0, 0.1) is 0 Å². The Bertz CT molecular complexity index is 436. The van der Waals surface area contributed by atoms with Gasteiger partial charge in [0.1, 0.15) is 24.4 Å². The molecule has 0 saturated carbocycles. The molecule has 4 atom stereocenters. The van der Waals surface area contributed by atoms with Gasteiger partial charge in [0.25, 0.3) is 0 Å². The maximum absolute atomic E-state index is 10.2. The van der Waals surface area contributed by atoms with E-state index in [0.717, 1.165) is 5.56 Å². The first-order valence-electron chi connectivity index (χ1n) is 6.37. The first-order valence-corrected chi connectivity index (χ1v) is 6.37. The van der Waals surface area contributed by atoms with Crippen molar-refractivity contribution in [3.63, 3.8) is 0 Å². The molecule has 6 N–H and O–H groups in total. The van der Waals surface area contributed by atoms with Crippen LogP contribution in [-0.2, 0) is 16.0 Å². The molecule has 0 aliphatic heterocycles. The Morgan fingerprint density at radius 2 is 1.59 bits per heavy atom. The summed E-state index contributed by atoms with van der Waals surface area (Å²) < 4.78 is 0. The lowest BCUT2D eigenvalue weighted by atomic mass is 10.0. The summed E-state index contributed by atoms with van der Waals surface area (Å²) >= 11 is 0. The summed E-state index contributed by atoms with van der Waals surface area (Å²) in [4.78, 5) is 20.1. The predicted octanol–water partition coefficient (Wildman–Crippen LogP) is -2.07. The SMILES string of the molecule is O=C(O)Cc1ccccc1.O=CC(O)C(O)C(O)C(O)CO. The highest BCUT2D eigenvalue weighted by atomic mass is 16.4. The quantitative estimate of drug-likeness (QED) is 0.313. The molecule has 0 amide bonds. The number of aliphatic carboxylic acids is 1. The van der Waals surface area contributed by atoms with Crippen molar-refractivity contribution in [3.8, 4) is 0 Å². The third-order valence-corrected chi connectivity index (χ3v) is 2.62. The number of benzene rings is 1. The maximum Gasteiger partial charge on any atom is 0.307 e. The third-order valence-electron chi connectivity index (χ3n) is 2.62. The van der Waals surface area contributed by atoms with Crippen LogP contribution in [0.15, 0.2) is 30.3 Å². The lowest BCUT2D eigenvalue weighted by Gasteiger charge is -2.22. The number of carboxylic acids is 1. The van der Waals surface area contributed by atoms with Crippen molar-refractivity contribution >= 4 is 12.3 Å². The Hall–Kier alpha value is -1.84. The Balaban J connectivity index is 0.000000406. The van der Waals surface area contributed by atoms with Crippen LogP contribution >= 0.6 is 0 Å². The monoisotopic (exact) mass is 316 g/mol. The number of carbonyl (C=O) groups excluding carboxylic acids is 1. The van der Waals surface area contributed by atoms with Gasteiger partial charge in [-0.25, -0.2) is 0 Å². The number of carboxylic acid groups (broad SMARTS) is 1. The van der Waals surface area contributed by atoms with Crippen LogP contribution in [0.3, 0.4) is 0 Å². The van der Waals surface area contributed by atoms with Crippen LogP contribution in [-0.4, -0.2) is 73.9 Å². The molecule has 4 unspecified atom stereocenters. The maximum atomic E-state index is 10.2. The smallest absolute Gasteiger partial charge is 0.307 e. The molecule has 0 aliphatic rings. The molecule has 124 valence electrons. The third kappa shape index (κ3) is 7.81. The van der Waals surface area contributed by atoms with Crippen LogP contribution in [0.4, 0.5) is 0 Å². The molecular formula is C14H20O8. The molecule has 0 saturated heterocycles. The van der Waals surface area contributed by atoms with Gasteiger partial charge in [0.05, 0.1) is 13.0 Å². The van der Waals surface area contributed by atoms with E-state index < -0.39 is 37.0 Å². The van der Waals surface area contributed by atoms with Gasteiger partial charge in [-0.1, -0.05) is 30.3 Å². The standard InChI is InChI=1S/C8H8O2.C6H12O6/c9-8(10)6-7-4-2-1-3-5-7;7-1-3(9)5(11)6(12)4(10)2-8/h1-5H,6H2,(H,9,10);1,3-6,8-12H,2H2. The molecule has 8 heteroatoms. The van der Waals surface area contributed by atoms with Gasteiger partial charge >= 0.3 is 5.97 Å². The zero-order valence-corrected chi connectivity index (χ0v) is 11.7. The van der Waals surface area contributed by atoms with Gasteiger partial charge in [-0.3, -0.25) is 4.79 Å². The van der Waals surface area contributed by atoms with Crippen molar-refractivity contribution in [2.75, 3.05) is 6.61 Å². The summed E-state index contributed by atoms with van der Waals surface area (Å²) in [5.74, 6) is -0.786. The Kier molecular flexibility index (Phi) is 9.92. The highest BCUT2D eigenvalue weighted by molar-refractivity contribution is 5.70. The normalized spacial score (nSPS) is 15.7. The van der Waals surface area contributed by atoms with Crippen LogP contribution in [0.2, 0.25) is 0 Å². The number of hydrogen-bond acceptors (Lipinski definition) is 7. The lowest BCUT2D eigenvalue weighted by molar-refractivity contribution is -0.136. The van der Waals surface area contributed by atoms with E-state index in [1.54, 1.807) is 12.1 Å². The minimum Gasteiger partial charge on any atom is -0.481 e. The number of rotatable bonds is 7. The molecule has 0 heterocycles. The zero-order valence-electron chi connectivity index (χ0n) is 11.7. The van der Waals surface area contributed by atoms with E-state index in [1.807, 2.05) is 18.2 Å². The van der Waals surface area contributed by atoms with Crippen molar-refractivity contribution in [1.29, 1.82) is 0 Å². The number of hydrogen-bond donors (Lipinski definition) is 6. The number of aldehydes is 1. The summed E-state index contributed by atoms with van der Waals surface area (Å²) in [6.07, 6.45) is -6.73. The molecule has 1 rings (SSSR count). The van der Waals surface area contributed by atoms with Gasteiger partial charge in [-0.05, 0) is 5.56 Å². The fourth-order valence-electron chi connectivity index (χ4n) is 1.39. The molecule has 0 aliphatic carbocycles. The first kappa shape index (κ1) is 20.2. The topological polar surface area (TPSA) is 156 Å². The Morgan fingerprint density at radius 3 is 2.00 bits per heavy atom. The average Bonchev–Trinajstić information content (AvgIpc) is 2.52. The van der Waals surface area contributed by atoms with E-state index in [2.05, 4.69) is 0 Å². The van der Waals surface area contributed by atoms with E-state index in [0.29, 0.717) is 0 Å². The van der Waals surface area contributed by atoms with Crippen LogP contribution in [0.5, 0.6) is 0 Å². The summed E-state index contributed by atoms with van der Waals surface area (Å²) in [6, 6.07) is 9.13. The van der Waals surface area contributed by atoms with Gasteiger partial charge in [0.2, 0.25) is 0 Å². The van der Waals surface area contributed by atoms with Crippen molar-refractivity contribution in [2.45, 2.75) is 30.8 Å². The zero-order chi connectivity index (χ0) is 17.1. The second kappa shape index (κ2) is 10.8. The predicted molar refractivity (Wildman–Crippen MR) is 75.0 cm³/mol. The van der Waals surface area contributed by atoms with Crippen molar-refractivity contribution in [2.24, 2.45) is 0 Å². The van der Waals surface area contributed by atoms with Crippen LogP contribution < -0.4 is 0 Å². The molecule has 8 nitrogen and oxygen atoms in total. The lowest BCUT2D eigenvalue weighted by Crippen LogP contribution is -2.46. The number of carbonyl (C=O) groups is 2. The van der Waals surface area contributed by atoms with Gasteiger partial charge in [0.15, 0.2) is 6.29 Å². The Labute approximate surface area is 126 Å². The highest BCUT2D eigenvalue weighted by Crippen LogP contribution is 2.03. The van der Waals surface area contributed by atoms with Crippen LogP contribution in [0.1, 0.15) is 5.56 Å². The molecular weight excluding hydrogens is 296 g/mol. The summed E-state index contributed by atoms with van der Waals surface area (Å²) in [7, 11) is 0. The van der Waals surface area contributed by atoms with Gasteiger partial charge < -0.3 is 35.4 Å². The molecule has 0 aromatic heterocycles. The fraction of sp³-hybridized carbons (Fsp3) is 0.429. The average molecular weight is 316 g/mol. The first-order chi connectivity index (χ1) is 10.3. The van der Waals surface area contributed by atoms with Gasteiger partial charge in [-0.15, -0.1) is 0 Å². The van der Waals surface area contributed by atoms with E-state index in [4.69, 9.17) is 30.6 Å². The summed E-state index contributed by atoms with van der Waals surface area (Å²) in [5, 5.41) is 51.9. The largest absolute Gasteiger partial charge is 0.481 e. The van der Waals surface area contributed by atoms with E-state index >= 15 is 0 Å². The molecule has 1 aromatic carbocycles. The molecule has 0 radical (unpaired) electrons. The van der Waals surface area contributed by atoms with E-state index in [-0.39, 0.29) is 12.7 Å². The molecule has 0 bridgehead atoms. The van der Waals surface area contributed by atoms with E-state index in [9.17, 15) is 9.59 Å². The Morgan fingerprint density at radius 1 is 1.05 bits per heavy atom. The minimum absolute atomic E-state index is 0.0258. The summed E-state index contributed by atoms with van der Waals surface area (Å²) in [5.41, 5.74) is 0.843. The fourth-order valence-corrected chi connectivity index (χ4v) is 1.39. The highest BCUT2D eigenvalue weighted by Gasteiger charge is 2.29. The van der Waals surface area contributed by atoms with Gasteiger partial charge in [0, 0.05) is 0 Å². The van der Waals surface area contributed by atoms with E-state index in [1.165, 1.54) is 0 Å². The second-order valence-corrected chi connectivity index (χ2v) is 4.41. The number of aliphatic hydroxyl groups excluding tert-OH is 5.